The van der Waals surface area contributed by atoms with Gasteiger partial charge < -0.3 is 5.73 Å². The molecule has 0 aliphatic heterocycles. The van der Waals surface area contributed by atoms with E-state index in [4.69, 9.17) is 5.73 Å². The van der Waals surface area contributed by atoms with Gasteiger partial charge in [-0.2, -0.15) is 0 Å². The normalized spacial score (nSPS) is 10.4. The molecule has 2 N–H and O–H groups in total. The van der Waals surface area contributed by atoms with E-state index in [1.54, 1.807) is 30.6 Å². The molecule has 98 valence electrons. The summed E-state index contributed by atoms with van der Waals surface area (Å²) in [6.07, 6.45) is 3.21. The lowest BCUT2D eigenvalue weighted by Crippen LogP contribution is -1.91. The molecule has 1 heterocycles. The van der Waals surface area contributed by atoms with Crippen molar-refractivity contribution < 1.29 is 4.39 Å². The number of rotatable bonds is 2. The van der Waals surface area contributed by atoms with Gasteiger partial charge in [0.1, 0.15) is 5.82 Å². The fraction of sp³-hybridized carbons (Fsp3) is 0. The summed E-state index contributed by atoms with van der Waals surface area (Å²) in [5.41, 5.74) is 8.96. The van der Waals surface area contributed by atoms with Gasteiger partial charge in [0.05, 0.1) is 23.8 Å². The molecule has 0 spiro atoms. The Bertz CT molecular complexity index is 721. The van der Waals surface area contributed by atoms with Gasteiger partial charge in [0, 0.05) is 16.8 Å². The molecule has 0 saturated carbocycles. The van der Waals surface area contributed by atoms with Gasteiger partial charge in [0.2, 0.25) is 0 Å². The van der Waals surface area contributed by atoms with Crippen LogP contribution in [0.2, 0.25) is 0 Å². The Kier molecular flexibility index (Phi) is 3.13. The molecule has 0 fully saturated rings. The highest BCUT2D eigenvalue weighted by Gasteiger charge is 2.06. The van der Waals surface area contributed by atoms with Gasteiger partial charge in [-0.1, -0.05) is 24.3 Å². The average molecular weight is 265 g/mol. The molecule has 3 aromatic rings. The van der Waals surface area contributed by atoms with Crippen molar-refractivity contribution in [1.29, 1.82) is 0 Å². The molecule has 0 atom stereocenters. The van der Waals surface area contributed by atoms with Gasteiger partial charge >= 0.3 is 0 Å². The Morgan fingerprint density at radius 2 is 1.45 bits per heavy atom. The highest BCUT2D eigenvalue weighted by atomic mass is 19.1. The Labute approximate surface area is 115 Å². The number of halogens is 1. The van der Waals surface area contributed by atoms with Crippen LogP contribution >= 0.6 is 0 Å². The minimum Gasteiger partial charge on any atom is -0.399 e. The number of anilines is 1. The summed E-state index contributed by atoms with van der Waals surface area (Å²) in [6.45, 7) is 0. The smallest absolute Gasteiger partial charge is 0.132 e. The molecule has 4 heteroatoms. The zero-order chi connectivity index (χ0) is 13.9. The van der Waals surface area contributed by atoms with Crippen LogP contribution in [-0.2, 0) is 0 Å². The summed E-state index contributed by atoms with van der Waals surface area (Å²) < 4.78 is 13.7. The van der Waals surface area contributed by atoms with Crippen LogP contribution in [0.1, 0.15) is 0 Å². The molecule has 0 unspecified atom stereocenters. The van der Waals surface area contributed by atoms with E-state index in [0.29, 0.717) is 16.9 Å². The largest absolute Gasteiger partial charge is 0.399 e. The van der Waals surface area contributed by atoms with Crippen LogP contribution in [0.3, 0.4) is 0 Å². The van der Waals surface area contributed by atoms with Crippen LogP contribution in [0, 0.1) is 5.82 Å². The molecule has 0 aliphatic rings. The van der Waals surface area contributed by atoms with Crippen molar-refractivity contribution in [2.75, 3.05) is 5.73 Å². The average Bonchev–Trinajstić information content (AvgIpc) is 2.49. The van der Waals surface area contributed by atoms with Gasteiger partial charge in [-0.25, -0.2) is 4.39 Å². The van der Waals surface area contributed by atoms with Crippen LogP contribution in [-0.4, -0.2) is 9.97 Å². The molecule has 20 heavy (non-hydrogen) atoms. The number of aromatic nitrogens is 2. The standard InChI is InChI=1S/C16H12FN3/c17-14-4-2-1-3-13(14)16-10-19-15(9-20-16)11-5-7-12(18)8-6-11/h1-10H,18H2. The summed E-state index contributed by atoms with van der Waals surface area (Å²) in [5, 5.41) is 0. The molecule has 0 radical (unpaired) electrons. The first-order chi connectivity index (χ1) is 9.74. The van der Waals surface area contributed by atoms with Crippen molar-refractivity contribution in [2.24, 2.45) is 0 Å². The fourth-order valence-electron chi connectivity index (χ4n) is 1.94. The predicted octanol–water partition coefficient (Wildman–Crippen LogP) is 3.53. The Balaban J connectivity index is 1.96. The first-order valence-corrected chi connectivity index (χ1v) is 6.17. The minimum atomic E-state index is -0.304. The molecule has 2 aromatic carbocycles. The molecule has 3 nitrogen and oxygen atoms in total. The quantitative estimate of drug-likeness (QED) is 0.721. The first-order valence-electron chi connectivity index (χ1n) is 6.17. The van der Waals surface area contributed by atoms with Crippen LogP contribution in [0.25, 0.3) is 22.5 Å². The van der Waals surface area contributed by atoms with Crippen LogP contribution in [0.15, 0.2) is 60.9 Å². The van der Waals surface area contributed by atoms with E-state index < -0.39 is 0 Å². The van der Waals surface area contributed by atoms with Gasteiger partial charge in [-0.05, 0) is 24.3 Å². The molecule has 0 saturated heterocycles. The number of hydrogen-bond acceptors (Lipinski definition) is 3. The third-order valence-electron chi connectivity index (χ3n) is 3.01. The number of hydrogen-bond donors (Lipinski definition) is 1. The Morgan fingerprint density at radius 1 is 0.800 bits per heavy atom. The van der Waals surface area contributed by atoms with Crippen molar-refractivity contribution in [3.8, 4) is 22.5 Å². The predicted molar refractivity (Wildman–Crippen MR) is 77.3 cm³/mol. The second kappa shape index (κ2) is 5.09. The van der Waals surface area contributed by atoms with Crippen LogP contribution < -0.4 is 5.73 Å². The summed E-state index contributed by atoms with van der Waals surface area (Å²) in [4.78, 5) is 8.60. The number of nitrogen functional groups attached to an aromatic ring is 1. The molecule has 3 rings (SSSR count). The molecular weight excluding hydrogens is 253 g/mol. The summed E-state index contributed by atoms with van der Waals surface area (Å²) >= 11 is 0. The van der Waals surface area contributed by atoms with Crippen molar-refractivity contribution in [3.63, 3.8) is 0 Å². The maximum Gasteiger partial charge on any atom is 0.132 e. The molecular formula is C16H12FN3. The maximum absolute atomic E-state index is 13.7. The SMILES string of the molecule is Nc1ccc(-c2cnc(-c3ccccc3F)cn2)cc1. The first kappa shape index (κ1) is 12.3. The highest BCUT2D eigenvalue weighted by molar-refractivity contribution is 5.64. The van der Waals surface area contributed by atoms with Crippen molar-refractivity contribution in [2.45, 2.75) is 0 Å². The molecule has 0 amide bonds. The highest BCUT2D eigenvalue weighted by Crippen LogP contribution is 2.22. The van der Waals surface area contributed by atoms with Crippen LogP contribution in [0.4, 0.5) is 10.1 Å². The molecule has 0 aliphatic carbocycles. The summed E-state index contributed by atoms with van der Waals surface area (Å²) in [5.74, 6) is -0.304. The van der Waals surface area contributed by atoms with E-state index in [2.05, 4.69) is 9.97 Å². The van der Waals surface area contributed by atoms with Gasteiger partial charge in [-0.15, -0.1) is 0 Å². The number of nitrogens with zero attached hydrogens (tertiary/aromatic N) is 2. The van der Waals surface area contributed by atoms with E-state index in [0.717, 1.165) is 11.3 Å². The zero-order valence-electron chi connectivity index (χ0n) is 10.6. The molecule has 1 aromatic heterocycles. The van der Waals surface area contributed by atoms with E-state index in [-0.39, 0.29) is 5.82 Å². The summed E-state index contributed by atoms with van der Waals surface area (Å²) in [6, 6.07) is 13.9. The maximum atomic E-state index is 13.7. The lowest BCUT2D eigenvalue weighted by Gasteiger charge is -2.04. The molecule has 0 bridgehead atoms. The summed E-state index contributed by atoms with van der Waals surface area (Å²) in [7, 11) is 0. The number of nitrogens with two attached hydrogens (primary N) is 1. The monoisotopic (exact) mass is 265 g/mol. The Morgan fingerprint density at radius 3 is 2.10 bits per heavy atom. The fourth-order valence-corrected chi connectivity index (χ4v) is 1.94. The van der Waals surface area contributed by atoms with Crippen molar-refractivity contribution in [3.05, 3.63) is 66.7 Å². The lowest BCUT2D eigenvalue weighted by molar-refractivity contribution is 0.630. The van der Waals surface area contributed by atoms with E-state index in [9.17, 15) is 4.39 Å². The second-order valence-electron chi connectivity index (χ2n) is 4.39. The second-order valence-corrected chi connectivity index (χ2v) is 4.39. The topological polar surface area (TPSA) is 51.8 Å². The third-order valence-corrected chi connectivity index (χ3v) is 3.01. The van der Waals surface area contributed by atoms with Crippen molar-refractivity contribution >= 4 is 5.69 Å². The third kappa shape index (κ3) is 2.36. The van der Waals surface area contributed by atoms with Crippen molar-refractivity contribution in [1.82, 2.24) is 9.97 Å². The number of benzene rings is 2. The lowest BCUT2D eigenvalue weighted by atomic mass is 10.1. The zero-order valence-corrected chi connectivity index (χ0v) is 10.6. The van der Waals surface area contributed by atoms with Gasteiger partial charge in [0.15, 0.2) is 0 Å². The van der Waals surface area contributed by atoms with E-state index >= 15 is 0 Å². The minimum absolute atomic E-state index is 0.304. The van der Waals surface area contributed by atoms with E-state index in [1.807, 2.05) is 24.3 Å². The van der Waals surface area contributed by atoms with Gasteiger partial charge in [-0.3, -0.25) is 9.97 Å². The van der Waals surface area contributed by atoms with Gasteiger partial charge in [0.25, 0.3) is 0 Å². The Hall–Kier alpha value is -2.75. The van der Waals surface area contributed by atoms with Crippen LogP contribution in [0.5, 0.6) is 0 Å². The van der Waals surface area contributed by atoms with E-state index in [1.165, 1.54) is 6.07 Å².